The van der Waals surface area contributed by atoms with Crippen molar-refractivity contribution in [2.45, 2.75) is 38.3 Å². The van der Waals surface area contributed by atoms with Crippen molar-refractivity contribution in [3.8, 4) is 5.75 Å². The molecular formula is C27H24F3NO4. The van der Waals surface area contributed by atoms with E-state index in [0.29, 0.717) is 17.5 Å². The summed E-state index contributed by atoms with van der Waals surface area (Å²) in [5.41, 5.74) is 0.782. The number of fused-ring (bicyclic) bond motifs is 1. The summed E-state index contributed by atoms with van der Waals surface area (Å²) in [4.78, 5) is 25.6. The normalized spacial score (nSPS) is 14.0. The molecule has 0 atom stereocenters. The molecule has 0 aliphatic heterocycles. The van der Waals surface area contributed by atoms with Crippen LogP contribution in [0.1, 0.15) is 32.6 Å². The van der Waals surface area contributed by atoms with E-state index in [1.165, 1.54) is 0 Å². The Bertz CT molecular complexity index is 1240. The molecule has 0 spiro atoms. The van der Waals surface area contributed by atoms with Crippen LogP contribution < -0.4 is 4.74 Å². The Morgan fingerprint density at radius 2 is 1.71 bits per heavy atom. The predicted octanol–water partition coefficient (Wildman–Crippen LogP) is 5.04. The first-order valence-corrected chi connectivity index (χ1v) is 11.1. The fourth-order valence-corrected chi connectivity index (χ4v) is 4.52. The van der Waals surface area contributed by atoms with Crippen molar-refractivity contribution in [1.29, 1.82) is 0 Å². The number of alkyl halides is 2. The monoisotopic (exact) mass is 483 g/mol. The first kappa shape index (κ1) is 24.3. The zero-order valence-corrected chi connectivity index (χ0v) is 19.0. The standard InChI is InChI=1S/C27H24F3NO4/c1-17-5-4-6-18(13-17)11-12-35-23-14-19(9-10-22(23)28)24(32)31(26(29)30)27(25(33)34)15-20-7-2-3-8-21(20)16-27/h2-10,13-14,26H,11-12,15-16H2,1H3,(H,33,34). The number of halogens is 3. The smallest absolute Gasteiger partial charge is 0.330 e. The number of aliphatic carboxylic acids is 1. The quantitative estimate of drug-likeness (QED) is 0.456. The van der Waals surface area contributed by atoms with Crippen molar-refractivity contribution in [1.82, 2.24) is 4.90 Å². The van der Waals surface area contributed by atoms with Gasteiger partial charge in [0.1, 0.15) is 0 Å². The van der Waals surface area contributed by atoms with Crippen molar-refractivity contribution >= 4 is 11.9 Å². The molecule has 0 heterocycles. The van der Waals surface area contributed by atoms with Gasteiger partial charge in [0.25, 0.3) is 5.91 Å². The third kappa shape index (κ3) is 4.87. The number of hydrogen-bond donors (Lipinski definition) is 1. The van der Waals surface area contributed by atoms with Gasteiger partial charge in [-0.05, 0) is 41.8 Å². The van der Waals surface area contributed by atoms with E-state index in [2.05, 4.69) is 0 Å². The van der Waals surface area contributed by atoms with Gasteiger partial charge in [0, 0.05) is 24.8 Å². The molecule has 0 aromatic heterocycles. The van der Waals surface area contributed by atoms with E-state index in [1.807, 2.05) is 31.2 Å². The Labute approximate surface area is 200 Å². The summed E-state index contributed by atoms with van der Waals surface area (Å²) in [5.74, 6) is -3.76. The Balaban J connectivity index is 1.58. The number of carboxylic acids is 1. The molecule has 35 heavy (non-hydrogen) atoms. The summed E-state index contributed by atoms with van der Waals surface area (Å²) in [6, 6.07) is 17.4. The molecule has 3 aromatic rings. The molecule has 5 nitrogen and oxygen atoms in total. The van der Waals surface area contributed by atoms with Gasteiger partial charge >= 0.3 is 12.5 Å². The third-order valence-electron chi connectivity index (χ3n) is 6.27. The molecule has 4 rings (SSSR count). The van der Waals surface area contributed by atoms with Crippen molar-refractivity contribution in [3.63, 3.8) is 0 Å². The van der Waals surface area contributed by atoms with Crippen molar-refractivity contribution in [2.24, 2.45) is 0 Å². The van der Waals surface area contributed by atoms with Crippen LogP contribution in [0.5, 0.6) is 5.75 Å². The van der Waals surface area contributed by atoms with E-state index < -0.39 is 29.8 Å². The number of ether oxygens (including phenoxy) is 1. The van der Waals surface area contributed by atoms with Crippen LogP contribution in [0.2, 0.25) is 0 Å². The lowest BCUT2D eigenvalue weighted by Crippen LogP contribution is -2.60. The number of hydrogen-bond acceptors (Lipinski definition) is 3. The molecule has 1 N–H and O–H groups in total. The molecule has 1 amide bonds. The van der Waals surface area contributed by atoms with E-state index in [0.717, 1.165) is 29.3 Å². The van der Waals surface area contributed by atoms with Crippen molar-refractivity contribution < 1.29 is 32.6 Å². The van der Waals surface area contributed by atoms with E-state index in [4.69, 9.17) is 4.74 Å². The van der Waals surface area contributed by atoms with Gasteiger partial charge < -0.3 is 9.84 Å². The first-order valence-electron chi connectivity index (χ1n) is 11.1. The number of amides is 1. The molecule has 0 bridgehead atoms. The van der Waals surface area contributed by atoms with Gasteiger partial charge in [0.05, 0.1) is 6.61 Å². The minimum absolute atomic E-state index is 0.0963. The van der Waals surface area contributed by atoms with Crippen LogP contribution >= 0.6 is 0 Å². The van der Waals surface area contributed by atoms with Gasteiger partial charge in [-0.25, -0.2) is 9.18 Å². The van der Waals surface area contributed by atoms with Crippen LogP contribution in [-0.2, 0) is 24.1 Å². The molecule has 182 valence electrons. The largest absolute Gasteiger partial charge is 0.490 e. The highest BCUT2D eigenvalue weighted by Crippen LogP contribution is 2.38. The SMILES string of the molecule is Cc1cccc(CCOc2cc(C(=O)N(C(F)F)C3(C(=O)O)Cc4ccccc4C3)ccc2F)c1. The molecule has 1 aliphatic rings. The number of rotatable bonds is 8. The summed E-state index contributed by atoms with van der Waals surface area (Å²) < 4.78 is 48.4. The van der Waals surface area contributed by atoms with Crippen molar-refractivity contribution in [2.75, 3.05) is 6.61 Å². The zero-order valence-electron chi connectivity index (χ0n) is 19.0. The second-order valence-corrected chi connectivity index (χ2v) is 8.64. The van der Waals surface area contributed by atoms with Gasteiger partial charge in [-0.3, -0.25) is 9.69 Å². The molecule has 0 saturated carbocycles. The maximum Gasteiger partial charge on any atom is 0.330 e. The summed E-state index contributed by atoms with van der Waals surface area (Å²) >= 11 is 0. The molecule has 0 saturated heterocycles. The summed E-state index contributed by atoms with van der Waals surface area (Å²) in [6.45, 7) is -1.34. The maximum absolute atomic E-state index is 14.4. The van der Waals surface area contributed by atoms with Gasteiger partial charge in [-0.15, -0.1) is 0 Å². The number of benzene rings is 3. The first-order chi connectivity index (χ1) is 16.7. The van der Waals surface area contributed by atoms with Crippen LogP contribution in [0.4, 0.5) is 13.2 Å². The molecular weight excluding hydrogens is 459 g/mol. The topological polar surface area (TPSA) is 66.8 Å². The minimum Gasteiger partial charge on any atom is -0.490 e. The van der Waals surface area contributed by atoms with Gasteiger partial charge in [0.15, 0.2) is 17.1 Å². The second-order valence-electron chi connectivity index (χ2n) is 8.64. The molecule has 8 heteroatoms. The molecule has 0 unspecified atom stereocenters. The van der Waals surface area contributed by atoms with E-state index in [9.17, 15) is 27.9 Å². The Morgan fingerprint density at radius 1 is 1.03 bits per heavy atom. The average Bonchev–Trinajstić information content (AvgIpc) is 3.20. The lowest BCUT2D eigenvalue weighted by atomic mass is 9.92. The summed E-state index contributed by atoms with van der Waals surface area (Å²) in [5, 5.41) is 9.98. The molecule has 3 aromatic carbocycles. The van der Waals surface area contributed by atoms with Gasteiger partial charge in [-0.2, -0.15) is 8.78 Å². The third-order valence-corrected chi connectivity index (χ3v) is 6.27. The number of carbonyl (C=O) groups is 2. The number of nitrogens with zero attached hydrogens (tertiary/aromatic N) is 1. The molecule has 0 fully saturated rings. The summed E-state index contributed by atoms with van der Waals surface area (Å²) in [7, 11) is 0. The van der Waals surface area contributed by atoms with Gasteiger partial charge in [0.2, 0.25) is 0 Å². The van der Waals surface area contributed by atoms with Crippen LogP contribution in [-0.4, -0.2) is 40.6 Å². The number of carbonyl (C=O) groups excluding carboxylic acids is 1. The Kier molecular flexibility index (Phi) is 6.82. The fraction of sp³-hybridized carbons (Fsp3) is 0.259. The Hall–Kier alpha value is -3.81. The predicted molar refractivity (Wildman–Crippen MR) is 123 cm³/mol. The molecule has 0 radical (unpaired) electrons. The Morgan fingerprint density at radius 3 is 2.31 bits per heavy atom. The van der Waals surface area contributed by atoms with Crippen LogP contribution in [0, 0.1) is 12.7 Å². The average molecular weight is 483 g/mol. The van der Waals surface area contributed by atoms with Crippen molar-refractivity contribution in [3.05, 3.63) is 100 Å². The second kappa shape index (κ2) is 9.82. The lowest BCUT2D eigenvalue weighted by Gasteiger charge is -2.37. The van der Waals surface area contributed by atoms with E-state index in [1.54, 1.807) is 24.3 Å². The van der Waals surface area contributed by atoms with Crippen LogP contribution in [0.15, 0.2) is 66.7 Å². The number of aryl methyl sites for hydroxylation is 1. The van der Waals surface area contributed by atoms with Crippen LogP contribution in [0.3, 0.4) is 0 Å². The zero-order chi connectivity index (χ0) is 25.2. The highest BCUT2D eigenvalue weighted by Gasteiger charge is 2.54. The lowest BCUT2D eigenvalue weighted by molar-refractivity contribution is -0.158. The van der Waals surface area contributed by atoms with E-state index >= 15 is 0 Å². The molecule has 1 aliphatic carbocycles. The minimum atomic E-state index is -3.39. The van der Waals surface area contributed by atoms with Gasteiger partial charge in [-0.1, -0.05) is 54.1 Å². The maximum atomic E-state index is 14.4. The summed E-state index contributed by atoms with van der Waals surface area (Å²) in [6.07, 6.45) is -0.0336. The highest BCUT2D eigenvalue weighted by molar-refractivity contribution is 5.99. The van der Waals surface area contributed by atoms with E-state index in [-0.39, 0.29) is 35.7 Å². The van der Waals surface area contributed by atoms with Crippen LogP contribution in [0.25, 0.3) is 0 Å². The number of carboxylic acid groups (broad SMARTS) is 1. The fourth-order valence-electron chi connectivity index (χ4n) is 4.52. The highest BCUT2D eigenvalue weighted by atomic mass is 19.3.